The summed E-state index contributed by atoms with van der Waals surface area (Å²) >= 11 is 5.86. The van der Waals surface area contributed by atoms with Gasteiger partial charge < -0.3 is 9.64 Å². The molecule has 0 aliphatic carbocycles. The van der Waals surface area contributed by atoms with Gasteiger partial charge in [-0.1, -0.05) is 23.7 Å². The largest absolute Gasteiger partial charge is 0.484 e. The van der Waals surface area contributed by atoms with Gasteiger partial charge in [0.15, 0.2) is 6.61 Å². The maximum atomic E-state index is 12.8. The van der Waals surface area contributed by atoms with Gasteiger partial charge in [-0.3, -0.25) is 14.2 Å². The van der Waals surface area contributed by atoms with Crippen LogP contribution in [0, 0.1) is 0 Å². The van der Waals surface area contributed by atoms with Crippen molar-refractivity contribution >= 4 is 28.4 Å². The monoisotopic (exact) mass is 397 g/mol. The number of amides is 1. The van der Waals surface area contributed by atoms with Gasteiger partial charge in [-0.25, -0.2) is 4.98 Å². The highest BCUT2D eigenvalue weighted by Gasteiger charge is 2.26. The molecule has 1 aliphatic heterocycles. The lowest BCUT2D eigenvalue weighted by atomic mass is 10.1. The van der Waals surface area contributed by atoms with Crippen LogP contribution in [0.25, 0.3) is 10.9 Å². The summed E-state index contributed by atoms with van der Waals surface area (Å²) in [5.74, 6) is 0.503. The molecular weight excluding hydrogens is 378 g/mol. The van der Waals surface area contributed by atoms with E-state index in [-0.39, 0.29) is 24.1 Å². The molecule has 0 saturated carbocycles. The second-order valence-electron chi connectivity index (χ2n) is 6.85. The van der Waals surface area contributed by atoms with E-state index in [0.717, 1.165) is 12.8 Å². The van der Waals surface area contributed by atoms with Crippen LogP contribution in [0.15, 0.2) is 59.7 Å². The van der Waals surface area contributed by atoms with Crippen LogP contribution in [0.1, 0.15) is 18.9 Å². The highest BCUT2D eigenvalue weighted by atomic mass is 35.5. The van der Waals surface area contributed by atoms with Crippen LogP contribution in [0.5, 0.6) is 5.75 Å². The van der Waals surface area contributed by atoms with Gasteiger partial charge in [-0.15, -0.1) is 0 Å². The van der Waals surface area contributed by atoms with Gasteiger partial charge in [0, 0.05) is 18.1 Å². The molecule has 7 heteroatoms. The average Bonchev–Trinajstić information content (AvgIpc) is 2.74. The molecule has 3 aromatic rings. The molecule has 2 aromatic carbocycles. The fourth-order valence-corrected chi connectivity index (χ4v) is 3.64. The number of aromatic nitrogens is 2. The Hall–Kier alpha value is -2.86. The van der Waals surface area contributed by atoms with Crippen LogP contribution >= 0.6 is 11.6 Å². The lowest BCUT2D eigenvalue weighted by molar-refractivity contribution is -0.135. The maximum Gasteiger partial charge on any atom is 0.261 e. The van der Waals surface area contributed by atoms with Crippen molar-refractivity contribution in [3.63, 3.8) is 0 Å². The molecule has 4 rings (SSSR count). The van der Waals surface area contributed by atoms with Gasteiger partial charge in [0.1, 0.15) is 5.75 Å². The van der Waals surface area contributed by atoms with Crippen molar-refractivity contribution in [2.75, 3.05) is 19.7 Å². The lowest BCUT2D eigenvalue weighted by Gasteiger charge is -2.33. The number of nitrogens with zero attached hydrogens (tertiary/aromatic N) is 3. The number of benzene rings is 2. The third kappa shape index (κ3) is 3.87. The zero-order valence-electron chi connectivity index (χ0n) is 15.3. The second-order valence-corrected chi connectivity index (χ2v) is 7.29. The molecular formula is C21H20ClN3O3. The number of para-hydroxylation sites is 1. The fraction of sp³-hybridized carbons (Fsp3) is 0.286. The van der Waals surface area contributed by atoms with Crippen molar-refractivity contribution in [1.29, 1.82) is 0 Å². The molecule has 0 unspecified atom stereocenters. The Morgan fingerprint density at radius 3 is 2.79 bits per heavy atom. The summed E-state index contributed by atoms with van der Waals surface area (Å²) in [6.45, 7) is 1.09. The first kappa shape index (κ1) is 18.5. The standard InChI is InChI=1S/C21H20ClN3O3/c22-15-7-9-17(10-8-15)28-13-20(26)24-11-3-4-16(12-24)25-14-23-19-6-2-1-5-18(19)21(25)27/h1-2,5-10,14,16H,3-4,11-13H2/t16-/m1/s1. The van der Waals surface area contributed by atoms with Crippen LogP contribution in [0.3, 0.4) is 0 Å². The molecule has 28 heavy (non-hydrogen) atoms. The number of halogens is 1. The summed E-state index contributed by atoms with van der Waals surface area (Å²) in [4.78, 5) is 31.6. The van der Waals surface area contributed by atoms with Crippen molar-refractivity contribution in [3.05, 3.63) is 70.2 Å². The molecule has 0 N–H and O–H groups in total. The lowest BCUT2D eigenvalue weighted by Crippen LogP contribution is -2.44. The normalized spacial score (nSPS) is 16.9. The quantitative estimate of drug-likeness (QED) is 0.677. The Morgan fingerprint density at radius 2 is 1.96 bits per heavy atom. The van der Waals surface area contributed by atoms with E-state index >= 15 is 0 Å². The van der Waals surface area contributed by atoms with E-state index in [0.29, 0.717) is 34.8 Å². The Bertz CT molecular complexity index is 1050. The third-order valence-corrected chi connectivity index (χ3v) is 5.26. The number of carbonyl (C=O) groups is 1. The SMILES string of the molecule is O=C(COc1ccc(Cl)cc1)N1CCC[C@@H](n2cnc3ccccc3c2=O)C1. The van der Waals surface area contributed by atoms with E-state index < -0.39 is 0 Å². The first-order valence-electron chi connectivity index (χ1n) is 9.24. The number of likely N-dealkylation sites (tertiary alicyclic amines) is 1. The predicted molar refractivity (Wildman–Crippen MR) is 108 cm³/mol. The molecule has 144 valence electrons. The molecule has 1 atom stereocenters. The Kier molecular flexibility index (Phi) is 5.30. The second kappa shape index (κ2) is 8.02. The molecule has 0 radical (unpaired) electrons. The summed E-state index contributed by atoms with van der Waals surface area (Å²) in [5, 5.41) is 1.21. The summed E-state index contributed by atoms with van der Waals surface area (Å²) < 4.78 is 7.22. The number of hydrogen-bond donors (Lipinski definition) is 0. The molecule has 1 fully saturated rings. The molecule has 1 saturated heterocycles. The summed E-state index contributed by atoms with van der Waals surface area (Å²) in [7, 11) is 0. The molecule has 2 heterocycles. The number of rotatable bonds is 4. The minimum Gasteiger partial charge on any atom is -0.484 e. The highest BCUT2D eigenvalue weighted by molar-refractivity contribution is 6.30. The average molecular weight is 398 g/mol. The van der Waals surface area contributed by atoms with Gasteiger partial charge in [0.05, 0.1) is 23.3 Å². The number of ether oxygens (including phenoxy) is 1. The Labute approximate surface area is 167 Å². The number of fused-ring (bicyclic) bond motifs is 1. The van der Waals surface area contributed by atoms with Crippen LogP contribution < -0.4 is 10.3 Å². The van der Waals surface area contributed by atoms with Crippen molar-refractivity contribution in [1.82, 2.24) is 14.5 Å². The van der Waals surface area contributed by atoms with Crippen molar-refractivity contribution < 1.29 is 9.53 Å². The molecule has 1 aliphatic rings. The summed E-state index contributed by atoms with van der Waals surface area (Å²) in [6.07, 6.45) is 3.26. The van der Waals surface area contributed by atoms with Gasteiger partial charge in [-0.2, -0.15) is 0 Å². The number of hydrogen-bond acceptors (Lipinski definition) is 4. The van der Waals surface area contributed by atoms with E-state index in [9.17, 15) is 9.59 Å². The fourth-order valence-electron chi connectivity index (χ4n) is 3.52. The van der Waals surface area contributed by atoms with E-state index in [1.807, 2.05) is 18.2 Å². The third-order valence-electron chi connectivity index (χ3n) is 5.01. The van der Waals surface area contributed by atoms with Crippen molar-refractivity contribution in [3.8, 4) is 5.75 Å². The van der Waals surface area contributed by atoms with Gasteiger partial charge in [-0.05, 0) is 49.2 Å². The first-order valence-corrected chi connectivity index (χ1v) is 9.61. The minimum atomic E-state index is -0.0959. The van der Waals surface area contributed by atoms with E-state index in [4.69, 9.17) is 16.3 Å². The molecule has 1 amide bonds. The topological polar surface area (TPSA) is 64.4 Å². The van der Waals surface area contributed by atoms with E-state index in [2.05, 4.69) is 4.98 Å². The summed E-state index contributed by atoms with van der Waals surface area (Å²) in [6, 6.07) is 14.1. The van der Waals surface area contributed by atoms with Gasteiger partial charge >= 0.3 is 0 Å². The van der Waals surface area contributed by atoms with Crippen molar-refractivity contribution in [2.45, 2.75) is 18.9 Å². The number of carbonyl (C=O) groups excluding carboxylic acids is 1. The van der Waals surface area contributed by atoms with Crippen LogP contribution in [-0.2, 0) is 4.79 Å². The number of piperidine rings is 1. The molecule has 0 spiro atoms. The molecule has 1 aromatic heterocycles. The molecule has 0 bridgehead atoms. The van der Waals surface area contributed by atoms with Crippen LogP contribution in [0.2, 0.25) is 5.02 Å². The van der Waals surface area contributed by atoms with Gasteiger partial charge in [0.25, 0.3) is 11.5 Å². The van der Waals surface area contributed by atoms with E-state index in [1.54, 1.807) is 46.1 Å². The minimum absolute atomic E-state index is 0.0424. The maximum absolute atomic E-state index is 12.8. The van der Waals surface area contributed by atoms with Crippen LogP contribution in [-0.4, -0.2) is 40.1 Å². The Balaban J connectivity index is 1.45. The smallest absolute Gasteiger partial charge is 0.261 e. The molecule has 6 nitrogen and oxygen atoms in total. The highest BCUT2D eigenvalue weighted by Crippen LogP contribution is 2.21. The Morgan fingerprint density at radius 1 is 1.18 bits per heavy atom. The van der Waals surface area contributed by atoms with Crippen molar-refractivity contribution in [2.24, 2.45) is 0 Å². The zero-order chi connectivity index (χ0) is 19.5. The van der Waals surface area contributed by atoms with Crippen LogP contribution in [0.4, 0.5) is 0 Å². The predicted octanol–water partition coefficient (Wildman–Crippen LogP) is 3.29. The summed E-state index contributed by atoms with van der Waals surface area (Å²) in [5.41, 5.74) is 0.617. The first-order chi connectivity index (χ1) is 13.6. The van der Waals surface area contributed by atoms with E-state index in [1.165, 1.54) is 0 Å². The zero-order valence-corrected chi connectivity index (χ0v) is 16.0. The van der Waals surface area contributed by atoms with Gasteiger partial charge in [0.2, 0.25) is 0 Å².